The largest absolute Gasteiger partial charge is 0.507 e. The van der Waals surface area contributed by atoms with Crippen LogP contribution < -0.4 is 5.56 Å². The molecule has 1 atom stereocenters. The number of fused-ring (bicyclic) bond motifs is 3. The summed E-state index contributed by atoms with van der Waals surface area (Å²) < 4.78 is 26.1. The first-order valence-electron chi connectivity index (χ1n) is 7.70. The van der Waals surface area contributed by atoms with Gasteiger partial charge >= 0.3 is 0 Å². The molecule has 0 bridgehead atoms. The summed E-state index contributed by atoms with van der Waals surface area (Å²) in [5, 5.41) is 11.5. The highest BCUT2D eigenvalue weighted by atomic mass is 32.1. The zero-order valence-electron chi connectivity index (χ0n) is 12.6. The van der Waals surface area contributed by atoms with Gasteiger partial charge in [-0.05, 0) is 31.5 Å². The quantitative estimate of drug-likeness (QED) is 0.761. The second-order valence-corrected chi connectivity index (χ2v) is 7.04. The van der Waals surface area contributed by atoms with Crippen LogP contribution in [-0.2, 0) is 6.54 Å². The van der Waals surface area contributed by atoms with Gasteiger partial charge in [-0.3, -0.25) is 9.69 Å². The zero-order valence-corrected chi connectivity index (χ0v) is 13.4. The van der Waals surface area contributed by atoms with Gasteiger partial charge in [0.25, 0.3) is 12.0 Å². The first-order chi connectivity index (χ1) is 11.5. The van der Waals surface area contributed by atoms with Crippen LogP contribution in [0.5, 0.6) is 5.75 Å². The molecule has 1 aliphatic rings. The maximum Gasteiger partial charge on any atom is 0.257 e. The fourth-order valence-electron chi connectivity index (χ4n) is 3.34. The SMILES string of the molecule is O=c1[nH]c2sc(CN3CCC[C@@H]3C(F)F)nc2c2c(O)cccc12. The van der Waals surface area contributed by atoms with Gasteiger partial charge in [0.15, 0.2) is 0 Å². The maximum absolute atomic E-state index is 13.1. The third-order valence-electron chi connectivity index (χ3n) is 4.47. The van der Waals surface area contributed by atoms with Gasteiger partial charge in [-0.15, -0.1) is 0 Å². The van der Waals surface area contributed by atoms with Crippen molar-refractivity contribution >= 4 is 32.5 Å². The van der Waals surface area contributed by atoms with E-state index in [1.165, 1.54) is 17.4 Å². The molecule has 0 saturated carbocycles. The fraction of sp³-hybridized carbons (Fsp3) is 0.375. The second kappa shape index (κ2) is 5.78. The highest BCUT2D eigenvalue weighted by molar-refractivity contribution is 7.18. The van der Waals surface area contributed by atoms with Gasteiger partial charge in [0.05, 0.1) is 23.4 Å². The molecule has 2 N–H and O–H groups in total. The van der Waals surface area contributed by atoms with Crippen LogP contribution >= 0.6 is 11.3 Å². The van der Waals surface area contributed by atoms with E-state index in [1.54, 1.807) is 17.0 Å². The van der Waals surface area contributed by atoms with Crippen molar-refractivity contribution in [3.8, 4) is 5.75 Å². The van der Waals surface area contributed by atoms with E-state index in [9.17, 15) is 18.7 Å². The number of benzene rings is 1. The lowest BCUT2D eigenvalue weighted by molar-refractivity contribution is 0.0440. The van der Waals surface area contributed by atoms with Crippen molar-refractivity contribution in [1.82, 2.24) is 14.9 Å². The van der Waals surface area contributed by atoms with Gasteiger partial charge in [-0.25, -0.2) is 13.8 Å². The van der Waals surface area contributed by atoms with Gasteiger partial charge in [-0.1, -0.05) is 17.4 Å². The van der Waals surface area contributed by atoms with E-state index in [1.807, 2.05) is 0 Å². The number of phenolic OH excluding ortho intramolecular Hbond substituents is 1. The minimum atomic E-state index is -2.37. The number of pyridine rings is 1. The number of halogens is 2. The van der Waals surface area contributed by atoms with Crippen molar-refractivity contribution in [1.29, 1.82) is 0 Å². The van der Waals surface area contributed by atoms with E-state index in [0.717, 1.165) is 6.42 Å². The molecular weight excluding hydrogens is 336 g/mol. The predicted molar refractivity (Wildman–Crippen MR) is 88.8 cm³/mol. The molecule has 1 saturated heterocycles. The van der Waals surface area contributed by atoms with Crippen molar-refractivity contribution in [2.45, 2.75) is 31.9 Å². The predicted octanol–water partition coefficient (Wildman–Crippen LogP) is 3.07. The molecule has 1 aromatic carbocycles. The van der Waals surface area contributed by atoms with Crippen LogP contribution in [0, 0.1) is 0 Å². The van der Waals surface area contributed by atoms with Crippen molar-refractivity contribution < 1.29 is 13.9 Å². The topological polar surface area (TPSA) is 69.2 Å². The zero-order chi connectivity index (χ0) is 16.8. The minimum Gasteiger partial charge on any atom is -0.507 e. The van der Waals surface area contributed by atoms with Gasteiger partial charge < -0.3 is 10.1 Å². The van der Waals surface area contributed by atoms with E-state index < -0.39 is 12.5 Å². The number of hydrogen-bond acceptors (Lipinski definition) is 5. The molecule has 1 fully saturated rings. The number of thiazole rings is 1. The highest BCUT2D eigenvalue weighted by Crippen LogP contribution is 2.33. The summed E-state index contributed by atoms with van der Waals surface area (Å²) in [4.78, 5) is 21.7. The lowest BCUT2D eigenvalue weighted by Crippen LogP contribution is -2.34. The smallest absolute Gasteiger partial charge is 0.257 e. The number of nitrogens with one attached hydrogen (secondary N) is 1. The molecule has 4 rings (SSSR count). The number of aromatic hydroxyl groups is 1. The average molecular weight is 351 g/mol. The van der Waals surface area contributed by atoms with Crippen LogP contribution in [0.4, 0.5) is 8.78 Å². The summed E-state index contributed by atoms with van der Waals surface area (Å²) in [5.74, 6) is -0.00733. The molecule has 126 valence electrons. The molecule has 0 aliphatic carbocycles. The highest BCUT2D eigenvalue weighted by Gasteiger charge is 2.32. The molecular formula is C16H15F2N3O2S. The Morgan fingerprint density at radius 1 is 1.46 bits per heavy atom. The number of phenols is 1. The Morgan fingerprint density at radius 3 is 3.08 bits per heavy atom. The summed E-state index contributed by atoms with van der Waals surface area (Å²) in [6.45, 7) is 0.943. The monoisotopic (exact) mass is 351 g/mol. The van der Waals surface area contributed by atoms with Crippen molar-refractivity contribution in [2.75, 3.05) is 6.54 Å². The van der Waals surface area contributed by atoms with Crippen molar-refractivity contribution in [3.05, 3.63) is 33.6 Å². The van der Waals surface area contributed by atoms with Gasteiger partial charge in [-0.2, -0.15) is 0 Å². The van der Waals surface area contributed by atoms with E-state index in [0.29, 0.717) is 45.6 Å². The Balaban J connectivity index is 1.79. The van der Waals surface area contributed by atoms with Crippen LogP contribution in [0.25, 0.3) is 21.1 Å². The molecule has 0 radical (unpaired) electrons. The van der Waals surface area contributed by atoms with Crippen LogP contribution in [0.3, 0.4) is 0 Å². The Labute approximate surface area is 139 Å². The Hall–Kier alpha value is -2.06. The van der Waals surface area contributed by atoms with Crippen LogP contribution in [0.15, 0.2) is 23.0 Å². The molecule has 0 spiro atoms. The van der Waals surface area contributed by atoms with E-state index in [-0.39, 0.29) is 11.3 Å². The standard InChI is InChI=1S/C16H15F2N3O2S/c17-14(18)9-4-2-6-21(9)7-11-19-13-12-8(3-1-5-10(12)22)15(23)20-16(13)24-11/h1,3,5,9,14,22H,2,4,6-7H2,(H,20,23)/t9-/m1/s1. The lowest BCUT2D eigenvalue weighted by Gasteiger charge is -2.22. The third kappa shape index (κ3) is 2.46. The Bertz CT molecular complexity index is 969. The molecule has 0 amide bonds. The van der Waals surface area contributed by atoms with E-state index in [4.69, 9.17) is 0 Å². The number of hydrogen-bond donors (Lipinski definition) is 2. The number of rotatable bonds is 3. The van der Waals surface area contributed by atoms with E-state index in [2.05, 4.69) is 9.97 Å². The molecule has 3 aromatic rings. The normalized spacial score (nSPS) is 19.0. The molecule has 0 unspecified atom stereocenters. The molecule has 8 heteroatoms. The molecule has 2 aromatic heterocycles. The second-order valence-electron chi connectivity index (χ2n) is 5.95. The average Bonchev–Trinajstić information content (AvgIpc) is 3.14. The summed E-state index contributed by atoms with van der Waals surface area (Å²) in [7, 11) is 0. The summed E-state index contributed by atoms with van der Waals surface area (Å²) in [6, 6.07) is 4.00. The summed E-state index contributed by atoms with van der Waals surface area (Å²) in [6.07, 6.45) is -1.13. The summed E-state index contributed by atoms with van der Waals surface area (Å²) >= 11 is 1.27. The molecule has 24 heavy (non-hydrogen) atoms. The molecule has 5 nitrogen and oxygen atoms in total. The number of nitrogens with zero attached hydrogens (tertiary/aromatic N) is 2. The first-order valence-corrected chi connectivity index (χ1v) is 8.52. The fourth-order valence-corrected chi connectivity index (χ4v) is 4.33. The lowest BCUT2D eigenvalue weighted by atomic mass is 10.1. The van der Waals surface area contributed by atoms with E-state index >= 15 is 0 Å². The van der Waals surface area contributed by atoms with Crippen molar-refractivity contribution in [3.63, 3.8) is 0 Å². The maximum atomic E-state index is 13.1. The van der Waals surface area contributed by atoms with Crippen LogP contribution in [-0.4, -0.2) is 39.0 Å². The first kappa shape index (κ1) is 15.5. The van der Waals surface area contributed by atoms with Crippen LogP contribution in [0.1, 0.15) is 17.8 Å². The number of aromatic nitrogens is 2. The molecule has 1 aliphatic heterocycles. The Morgan fingerprint density at radius 2 is 2.29 bits per heavy atom. The van der Waals surface area contributed by atoms with Gasteiger partial charge in [0, 0.05) is 0 Å². The van der Waals surface area contributed by atoms with Crippen LogP contribution in [0.2, 0.25) is 0 Å². The minimum absolute atomic E-state index is 0.00733. The number of alkyl halides is 2. The Kier molecular flexibility index (Phi) is 3.73. The third-order valence-corrected chi connectivity index (χ3v) is 5.42. The van der Waals surface area contributed by atoms with Gasteiger partial charge in [0.2, 0.25) is 0 Å². The summed E-state index contributed by atoms with van der Waals surface area (Å²) in [5.41, 5.74) is 0.214. The molecule has 3 heterocycles. The van der Waals surface area contributed by atoms with Crippen molar-refractivity contribution in [2.24, 2.45) is 0 Å². The van der Waals surface area contributed by atoms with Gasteiger partial charge in [0.1, 0.15) is 21.1 Å². The number of likely N-dealkylation sites (tertiary alicyclic amines) is 1. The number of H-pyrrole nitrogens is 1. The number of aromatic amines is 1.